The van der Waals surface area contributed by atoms with Crippen molar-refractivity contribution in [1.82, 2.24) is 19.5 Å². The van der Waals surface area contributed by atoms with E-state index in [2.05, 4.69) is 45.4 Å². The number of benzene rings is 1. The molecule has 1 aromatic carbocycles. The van der Waals surface area contributed by atoms with Gasteiger partial charge in [-0.3, -0.25) is 4.57 Å². The molecule has 182 valence electrons. The maximum Gasteiger partial charge on any atom is 0.226 e. The van der Waals surface area contributed by atoms with Gasteiger partial charge in [0, 0.05) is 0 Å². The average Bonchev–Trinajstić information content (AvgIpc) is 3.51. The molecule has 2 aliphatic rings. The van der Waals surface area contributed by atoms with Gasteiger partial charge in [0.05, 0.1) is 31.7 Å². The van der Waals surface area contributed by atoms with Gasteiger partial charge in [-0.25, -0.2) is 4.98 Å². The highest BCUT2D eigenvalue weighted by Crippen LogP contribution is 2.34. The Morgan fingerprint density at radius 2 is 2.09 bits per heavy atom. The molecule has 1 aliphatic carbocycles. The van der Waals surface area contributed by atoms with Crippen molar-refractivity contribution in [3.63, 3.8) is 0 Å². The molecule has 6 atom stereocenters. The molecule has 0 radical (unpaired) electrons. The second-order valence-electron chi connectivity index (χ2n) is 8.91. The molecule has 1 saturated carbocycles. The van der Waals surface area contributed by atoms with Crippen molar-refractivity contribution in [2.75, 3.05) is 11.9 Å². The van der Waals surface area contributed by atoms with Crippen molar-refractivity contribution in [1.29, 1.82) is 0 Å². The van der Waals surface area contributed by atoms with Crippen LogP contribution in [-0.4, -0.2) is 71.9 Å². The molecule has 4 N–H and O–H groups in total. The summed E-state index contributed by atoms with van der Waals surface area (Å²) in [4.78, 5) is 13.1. The molecule has 3 heterocycles. The maximum atomic E-state index is 10.4. The van der Waals surface area contributed by atoms with E-state index >= 15 is 0 Å². The third-order valence-electron chi connectivity index (χ3n) is 6.51. The molecule has 34 heavy (non-hydrogen) atoms. The predicted octanol–water partition coefficient (Wildman–Crippen LogP) is 1.95. The van der Waals surface area contributed by atoms with Crippen LogP contribution in [0.1, 0.15) is 36.6 Å². The Hall–Kier alpha value is -2.34. The lowest BCUT2D eigenvalue weighted by Gasteiger charge is -2.22. The van der Waals surface area contributed by atoms with Gasteiger partial charge >= 0.3 is 0 Å². The van der Waals surface area contributed by atoms with Gasteiger partial charge in [-0.15, -0.1) is 0 Å². The number of nitrogens with zero attached hydrogens (tertiary/aromatic N) is 4. The molecule has 0 spiro atoms. The first-order chi connectivity index (χ1) is 16.4. The summed E-state index contributed by atoms with van der Waals surface area (Å²) in [5.74, 6) is 0.469. The van der Waals surface area contributed by atoms with Crippen LogP contribution in [0.4, 0.5) is 5.82 Å². The third-order valence-corrected chi connectivity index (χ3v) is 6.68. The fourth-order valence-corrected chi connectivity index (χ4v) is 4.92. The zero-order valence-corrected chi connectivity index (χ0v) is 19.5. The molecule has 10 nitrogen and oxygen atoms in total. The summed E-state index contributed by atoms with van der Waals surface area (Å²) in [5.41, 5.74) is 3.15. The van der Waals surface area contributed by atoms with Crippen LogP contribution < -0.4 is 5.32 Å². The van der Waals surface area contributed by atoms with Gasteiger partial charge in [0.25, 0.3) is 0 Å². The number of hydrogen-bond acceptors (Lipinski definition) is 9. The summed E-state index contributed by atoms with van der Waals surface area (Å²) in [7, 11) is 0. The zero-order valence-electron chi connectivity index (χ0n) is 18.7. The largest absolute Gasteiger partial charge is 0.394 e. The van der Waals surface area contributed by atoms with Crippen LogP contribution in [0.5, 0.6) is 0 Å². The smallest absolute Gasteiger partial charge is 0.226 e. The second-order valence-corrected chi connectivity index (χ2v) is 9.25. The minimum atomic E-state index is -1.26. The number of halogens is 1. The monoisotopic (exact) mass is 489 g/mol. The summed E-state index contributed by atoms with van der Waals surface area (Å²) < 4.78 is 13.4. The van der Waals surface area contributed by atoms with Crippen molar-refractivity contribution in [3.8, 4) is 0 Å². The topological polar surface area (TPSA) is 135 Å². The number of aryl methyl sites for hydroxylation is 1. The van der Waals surface area contributed by atoms with E-state index in [-0.39, 0.29) is 17.4 Å². The molecule has 6 unspecified atom stereocenters. The van der Waals surface area contributed by atoms with E-state index in [0.717, 1.165) is 24.8 Å². The quantitative estimate of drug-likeness (QED) is 0.367. The Morgan fingerprint density at radius 1 is 1.24 bits per heavy atom. The number of fused-ring (bicyclic) bond motifs is 1. The first-order valence-electron chi connectivity index (χ1n) is 11.4. The fraction of sp³-hybridized carbons (Fsp3) is 0.522. The summed E-state index contributed by atoms with van der Waals surface area (Å²) in [6, 6.07) is 8.30. The first-order valence-corrected chi connectivity index (χ1v) is 11.8. The number of aliphatic hydroxyl groups is 3. The number of hydrogen-bond donors (Lipinski definition) is 4. The molecule has 1 saturated heterocycles. The highest BCUT2D eigenvalue weighted by molar-refractivity contribution is 6.28. The van der Waals surface area contributed by atoms with Gasteiger partial charge in [-0.2, -0.15) is 9.97 Å². The van der Waals surface area contributed by atoms with Crippen LogP contribution in [0.25, 0.3) is 11.2 Å². The summed E-state index contributed by atoms with van der Waals surface area (Å²) in [6.07, 6.45) is -0.0195. The van der Waals surface area contributed by atoms with Crippen LogP contribution in [0.3, 0.4) is 0 Å². The molecule has 1 aliphatic heterocycles. The van der Waals surface area contributed by atoms with Gasteiger partial charge in [0.2, 0.25) is 5.28 Å². The predicted molar refractivity (Wildman–Crippen MR) is 124 cm³/mol. The Morgan fingerprint density at radius 3 is 2.85 bits per heavy atom. The molecule has 0 amide bonds. The molecular weight excluding hydrogens is 462 g/mol. The lowest BCUT2D eigenvalue weighted by atomic mass is 10.1. The number of rotatable bonds is 7. The van der Waals surface area contributed by atoms with Crippen LogP contribution in [0, 0.1) is 6.92 Å². The van der Waals surface area contributed by atoms with Gasteiger partial charge in [-0.1, -0.05) is 29.8 Å². The van der Waals surface area contributed by atoms with Crippen LogP contribution >= 0.6 is 11.6 Å². The van der Waals surface area contributed by atoms with E-state index in [4.69, 9.17) is 21.1 Å². The van der Waals surface area contributed by atoms with Crippen molar-refractivity contribution < 1.29 is 24.8 Å². The molecule has 2 aromatic heterocycles. The van der Waals surface area contributed by atoms with E-state index in [1.807, 2.05) is 6.07 Å². The molecule has 2 fully saturated rings. The molecular formula is C23H28ClN5O5. The SMILES string of the molecule is Cc1cccc(COC2CCCC2Nc2nc(Cl)nc3c2ncn3C2OC(CO)C(O)C2O)c1. The standard InChI is InChI=1S/C23H28ClN5O5/c1-12-4-2-5-13(8-12)10-33-15-7-3-6-14(15)26-20-17-21(28-23(24)27-20)29(11-25-17)22-19(32)18(31)16(9-30)34-22/h2,4-5,8,11,14-16,18-19,22,30-32H,3,6-7,9-10H2,1H3,(H,26,27,28). The highest BCUT2D eigenvalue weighted by atomic mass is 35.5. The van der Waals surface area contributed by atoms with Crippen molar-refractivity contribution in [2.24, 2.45) is 0 Å². The highest BCUT2D eigenvalue weighted by Gasteiger charge is 2.44. The molecule has 5 rings (SSSR count). The summed E-state index contributed by atoms with van der Waals surface area (Å²) in [5, 5.41) is 33.4. The summed E-state index contributed by atoms with van der Waals surface area (Å²) in [6.45, 7) is 2.17. The second kappa shape index (κ2) is 9.73. The minimum absolute atomic E-state index is 0.00633. The van der Waals surface area contributed by atoms with Gasteiger partial charge in [-0.05, 0) is 43.4 Å². The van der Waals surface area contributed by atoms with E-state index in [1.165, 1.54) is 16.5 Å². The van der Waals surface area contributed by atoms with E-state index < -0.39 is 31.1 Å². The maximum absolute atomic E-state index is 10.4. The Kier molecular flexibility index (Phi) is 6.70. The van der Waals surface area contributed by atoms with Gasteiger partial charge < -0.3 is 30.1 Å². The van der Waals surface area contributed by atoms with Crippen LogP contribution in [0.2, 0.25) is 5.28 Å². The normalized spacial score (nSPS) is 29.2. The summed E-state index contributed by atoms with van der Waals surface area (Å²) >= 11 is 6.23. The Labute approximate surface area is 201 Å². The minimum Gasteiger partial charge on any atom is -0.394 e. The van der Waals surface area contributed by atoms with Gasteiger partial charge in [0.15, 0.2) is 23.2 Å². The van der Waals surface area contributed by atoms with Crippen LogP contribution in [0.15, 0.2) is 30.6 Å². The van der Waals surface area contributed by atoms with Crippen molar-refractivity contribution >= 4 is 28.6 Å². The lowest BCUT2D eigenvalue weighted by Crippen LogP contribution is -2.33. The van der Waals surface area contributed by atoms with E-state index in [1.54, 1.807) is 0 Å². The zero-order chi connectivity index (χ0) is 23.8. The third kappa shape index (κ3) is 4.49. The molecule has 11 heteroatoms. The number of aromatic nitrogens is 4. The number of imidazole rings is 1. The number of ether oxygens (including phenoxy) is 2. The lowest BCUT2D eigenvalue weighted by molar-refractivity contribution is -0.0511. The number of anilines is 1. The fourth-order valence-electron chi connectivity index (χ4n) is 4.76. The van der Waals surface area contributed by atoms with Crippen LogP contribution in [-0.2, 0) is 16.1 Å². The van der Waals surface area contributed by atoms with E-state index in [9.17, 15) is 15.3 Å². The Bertz CT molecular complexity index is 1160. The Balaban J connectivity index is 1.36. The molecule has 0 bridgehead atoms. The molecule has 3 aromatic rings. The average molecular weight is 490 g/mol. The number of aliphatic hydroxyl groups excluding tert-OH is 3. The van der Waals surface area contributed by atoms with Crippen molar-refractivity contribution in [2.45, 2.75) is 69.5 Å². The van der Waals surface area contributed by atoms with E-state index in [0.29, 0.717) is 23.6 Å². The first kappa shape index (κ1) is 23.4. The van der Waals surface area contributed by atoms with Gasteiger partial charge in [0.1, 0.15) is 18.3 Å². The van der Waals surface area contributed by atoms with Crippen molar-refractivity contribution in [3.05, 3.63) is 47.0 Å². The number of nitrogens with one attached hydrogen (secondary N) is 1.